The molecule has 0 aliphatic heterocycles. The second kappa shape index (κ2) is 8.90. The SMILES string of the molecule is CCNC(=NCc1ncc(CC)s1)NCC(C)c1cccs1. The van der Waals surface area contributed by atoms with Crippen molar-refractivity contribution in [1.82, 2.24) is 15.6 Å². The standard InChI is InChI=1S/C16H24N4S2/c1-4-13-10-18-15(22-13)11-20-16(17-5-2)19-9-12(3)14-7-6-8-21-14/h6-8,10,12H,4-5,9,11H2,1-3H3,(H2,17,19,20). The molecule has 2 N–H and O–H groups in total. The van der Waals surface area contributed by atoms with Crippen molar-refractivity contribution in [3.05, 3.63) is 38.5 Å². The lowest BCUT2D eigenvalue weighted by Gasteiger charge is -2.14. The summed E-state index contributed by atoms with van der Waals surface area (Å²) in [6, 6.07) is 4.28. The van der Waals surface area contributed by atoms with E-state index in [1.165, 1.54) is 9.75 Å². The first kappa shape index (κ1) is 17.0. The van der Waals surface area contributed by atoms with Crippen LogP contribution in [0, 0.1) is 0 Å². The molecule has 1 unspecified atom stereocenters. The van der Waals surface area contributed by atoms with Crippen LogP contribution in [-0.2, 0) is 13.0 Å². The fourth-order valence-electron chi connectivity index (χ4n) is 2.00. The van der Waals surface area contributed by atoms with Crippen LogP contribution in [0.3, 0.4) is 0 Å². The topological polar surface area (TPSA) is 49.3 Å². The highest BCUT2D eigenvalue weighted by molar-refractivity contribution is 7.11. The number of aliphatic imine (C=N–C) groups is 1. The first-order valence-corrected chi connectivity index (χ1v) is 9.41. The highest BCUT2D eigenvalue weighted by Gasteiger charge is 2.07. The van der Waals surface area contributed by atoms with Gasteiger partial charge in [0.25, 0.3) is 0 Å². The average Bonchev–Trinajstić information content (AvgIpc) is 3.20. The second-order valence-electron chi connectivity index (χ2n) is 5.07. The number of thiazole rings is 1. The molecule has 2 heterocycles. The molecule has 0 fully saturated rings. The van der Waals surface area contributed by atoms with Crippen LogP contribution < -0.4 is 10.6 Å². The largest absolute Gasteiger partial charge is 0.357 e. The van der Waals surface area contributed by atoms with Crippen LogP contribution in [0.25, 0.3) is 0 Å². The molecular weight excluding hydrogens is 312 g/mol. The zero-order valence-corrected chi connectivity index (χ0v) is 15.1. The smallest absolute Gasteiger partial charge is 0.191 e. The lowest BCUT2D eigenvalue weighted by molar-refractivity contribution is 0.709. The Morgan fingerprint density at radius 3 is 2.86 bits per heavy atom. The number of guanidine groups is 1. The van der Waals surface area contributed by atoms with Gasteiger partial charge in [-0.05, 0) is 24.8 Å². The summed E-state index contributed by atoms with van der Waals surface area (Å²) in [4.78, 5) is 11.8. The van der Waals surface area contributed by atoms with E-state index in [0.717, 1.165) is 30.5 Å². The van der Waals surface area contributed by atoms with Crippen molar-refractivity contribution in [3.63, 3.8) is 0 Å². The van der Waals surface area contributed by atoms with Gasteiger partial charge in [-0.25, -0.2) is 9.98 Å². The van der Waals surface area contributed by atoms with E-state index in [2.05, 4.69) is 58.9 Å². The number of nitrogens with zero attached hydrogens (tertiary/aromatic N) is 2. The summed E-state index contributed by atoms with van der Waals surface area (Å²) in [5, 5.41) is 9.91. The van der Waals surface area contributed by atoms with E-state index < -0.39 is 0 Å². The molecule has 0 amide bonds. The predicted molar refractivity (Wildman–Crippen MR) is 97.0 cm³/mol. The summed E-state index contributed by atoms with van der Waals surface area (Å²) in [7, 11) is 0. The fourth-order valence-corrected chi connectivity index (χ4v) is 3.57. The van der Waals surface area contributed by atoms with Gasteiger partial charge in [0, 0.05) is 35.0 Å². The third kappa shape index (κ3) is 5.10. The van der Waals surface area contributed by atoms with E-state index in [1.54, 1.807) is 22.7 Å². The molecular formula is C16H24N4S2. The van der Waals surface area contributed by atoms with Crippen molar-refractivity contribution in [3.8, 4) is 0 Å². The lowest BCUT2D eigenvalue weighted by atomic mass is 10.1. The van der Waals surface area contributed by atoms with Gasteiger partial charge in [0.1, 0.15) is 5.01 Å². The highest BCUT2D eigenvalue weighted by atomic mass is 32.1. The summed E-state index contributed by atoms with van der Waals surface area (Å²) in [5.74, 6) is 1.34. The fraction of sp³-hybridized carbons (Fsp3) is 0.500. The molecule has 0 aliphatic carbocycles. The van der Waals surface area contributed by atoms with Crippen LogP contribution in [-0.4, -0.2) is 24.0 Å². The van der Waals surface area contributed by atoms with Crippen molar-refractivity contribution < 1.29 is 0 Å². The van der Waals surface area contributed by atoms with Gasteiger partial charge in [0.05, 0.1) is 6.54 Å². The molecule has 0 bridgehead atoms. The van der Waals surface area contributed by atoms with E-state index in [9.17, 15) is 0 Å². The molecule has 0 spiro atoms. The summed E-state index contributed by atoms with van der Waals surface area (Å²) in [6.45, 7) is 8.84. The Bertz CT molecular complexity index is 575. The van der Waals surface area contributed by atoms with E-state index in [-0.39, 0.29) is 0 Å². The van der Waals surface area contributed by atoms with Crippen LogP contribution in [0.5, 0.6) is 0 Å². The van der Waals surface area contributed by atoms with Gasteiger partial charge in [0.15, 0.2) is 5.96 Å². The number of hydrogen-bond donors (Lipinski definition) is 2. The molecule has 0 saturated carbocycles. The first-order valence-electron chi connectivity index (χ1n) is 7.72. The van der Waals surface area contributed by atoms with Gasteiger partial charge in [-0.1, -0.05) is 19.9 Å². The third-order valence-electron chi connectivity index (χ3n) is 3.27. The van der Waals surface area contributed by atoms with Gasteiger partial charge < -0.3 is 10.6 Å². The van der Waals surface area contributed by atoms with Crippen molar-refractivity contribution in [2.75, 3.05) is 13.1 Å². The Morgan fingerprint density at radius 2 is 2.23 bits per heavy atom. The molecule has 0 aliphatic rings. The molecule has 4 nitrogen and oxygen atoms in total. The first-order chi connectivity index (χ1) is 10.7. The van der Waals surface area contributed by atoms with E-state index >= 15 is 0 Å². The van der Waals surface area contributed by atoms with Gasteiger partial charge in [-0.15, -0.1) is 22.7 Å². The molecule has 0 radical (unpaired) electrons. The zero-order valence-electron chi connectivity index (χ0n) is 13.4. The summed E-state index contributed by atoms with van der Waals surface area (Å²) >= 11 is 3.55. The van der Waals surface area contributed by atoms with Crippen molar-refractivity contribution in [2.45, 2.75) is 39.7 Å². The van der Waals surface area contributed by atoms with Crippen molar-refractivity contribution >= 4 is 28.6 Å². The normalized spacial score (nSPS) is 13.1. The third-order valence-corrected chi connectivity index (χ3v) is 5.50. The minimum Gasteiger partial charge on any atom is -0.357 e. The Morgan fingerprint density at radius 1 is 1.36 bits per heavy atom. The van der Waals surface area contributed by atoms with E-state index in [0.29, 0.717) is 12.5 Å². The van der Waals surface area contributed by atoms with Crippen molar-refractivity contribution in [1.29, 1.82) is 0 Å². The molecule has 0 saturated heterocycles. The van der Waals surface area contributed by atoms with Crippen LogP contribution in [0.1, 0.15) is 41.5 Å². The maximum Gasteiger partial charge on any atom is 0.191 e. The maximum absolute atomic E-state index is 4.63. The number of aryl methyl sites for hydroxylation is 1. The Kier molecular flexibility index (Phi) is 6.86. The Labute approximate surface area is 140 Å². The average molecular weight is 337 g/mol. The number of nitrogens with one attached hydrogen (secondary N) is 2. The molecule has 2 rings (SSSR count). The Balaban J connectivity index is 1.89. The number of hydrogen-bond acceptors (Lipinski definition) is 4. The van der Waals surface area contributed by atoms with Crippen LogP contribution in [0.15, 0.2) is 28.7 Å². The zero-order chi connectivity index (χ0) is 15.8. The molecule has 22 heavy (non-hydrogen) atoms. The number of rotatable bonds is 7. The molecule has 0 aromatic carbocycles. The van der Waals surface area contributed by atoms with Crippen LogP contribution in [0.4, 0.5) is 0 Å². The van der Waals surface area contributed by atoms with E-state index in [1.807, 2.05) is 6.20 Å². The summed E-state index contributed by atoms with van der Waals surface area (Å²) in [5.41, 5.74) is 0. The van der Waals surface area contributed by atoms with Gasteiger partial charge in [-0.2, -0.15) is 0 Å². The molecule has 6 heteroatoms. The lowest BCUT2D eigenvalue weighted by Crippen LogP contribution is -2.39. The second-order valence-corrected chi connectivity index (χ2v) is 7.25. The van der Waals surface area contributed by atoms with Crippen molar-refractivity contribution in [2.24, 2.45) is 4.99 Å². The van der Waals surface area contributed by atoms with Crippen LogP contribution in [0.2, 0.25) is 0 Å². The molecule has 120 valence electrons. The van der Waals surface area contributed by atoms with E-state index in [4.69, 9.17) is 0 Å². The minimum absolute atomic E-state index is 0.482. The number of thiophene rings is 1. The van der Waals surface area contributed by atoms with Gasteiger partial charge in [-0.3, -0.25) is 0 Å². The maximum atomic E-state index is 4.63. The minimum atomic E-state index is 0.482. The van der Waals surface area contributed by atoms with Gasteiger partial charge in [0.2, 0.25) is 0 Å². The molecule has 2 aromatic rings. The number of aromatic nitrogens is 1. The summed E-state index contributed by atoms with van der Waals surface area (Å²) in [6.07, 6.45) is 2.99. The Hall–Kier alpha value is -1.40. The monoisotopic (exact) mass is 336 g/mol. The van der Waals surface area contributed by atoms with Gasteiger partial charge >= 0.3 is 0 Å². The highest BCUT2D eigenvalue weighted by Crippen LogP contribution is 2.19. The molecule has 2 aromatic heterocycles. The van der Waals surface area contributed by atoms with Crippen LogP contribution >= 0.6 is 22.7 Å². The predicted octanol–water partition coefficient (Wildman–Crippen LogP) is 3.63. The summed E-state index contributed by atoms with van der Waals surface area (Å²) < 4.78 is 0. The molecule has 1 atom stereocenters. The quantitative estimate of drug-likeness (QED) is 0.600.